The molecular formula is C16H12BrN3O. The van der Waals surface area contributed by atoms with Gasteiger partial charge in [-0.05, 0) is 47.1 Å². The lowest BCUT2D eigenvalue weighted by molar-refractivity contribution is 0.102. The lowest BCUT2D eigenvalue weighted by Crippen LogP contribution is -2.12. The zero-order valence-corrected chi connectivity index (χ0v) is 12.9. The van der Waals surface area contributed by atoms with Gasteiger partial charge in [0, 0.05) is 17.3 Å². The summed E-state index contributed by atoms with van der Waals surface area (Å²) in [5.41, 5.74) is 2.99. The number of benzene rings is 1. The molecule has 1 amide bonds. The summed E-state index contributed by atoms with van der Waals surface area (Å²) in [6.45, 7) is 1.91. The standard InChI is InChI=1S/C16H12BrN3O/c1-10-8-14(12-4-2-3-5-13(12)19-10)20-16(21)11-6-7-15(17)18-9-11/h2-9H,1H3,(H,19,20,21). The molecule has 104 valence electrons. The summed E-state index contributed by atoms with van der Waals surface area (Å²) in [6.07, 6.45) is 1.54. The Balaban J connectivity index is 1.98. The summed E-state index contributed by atoms with van der Waals surface area (Å²) in [5.74, 6) is -0.189. The Labute approximate surface area is 130 Å². The highest BCUT2D eigenvalue weighted by Gasteiger charge is 2.10. The van der Waals surface area contributed by atoms with Gasteiger partial charge in [0.25, 0.3) is 5.91 Å². The van der Waals surface area contributed by atoms with Crippen LogP contribution in [0.2, 0.25) is 0 Å². The summed E-state index contributed by atoms with van der Waals surface area (Å²) >= 11 is 3.25. The Morgan fingerprint density at radius 2 is 2.00 bits per heavy atom. The predicted octanol–water partition coefficient (Wildman–Crippen LogP) is 3.95. The van der Waals surface area contributed by atoms with Crippen molar-refractivity contribution in [3.05, 3.63) is 64.5 Å². The molecule has 0 fully saturated rings. The van der Waals surface area contributed by atoms with Crippen molar-refractivity contribution < 1.29 is 4.79 Å². The first-order valence-corrected chi connectivity index (χ1v) is 7.22. The minimum Gasteiger partial charge on any atom is -0.321 e. The van der Waals surface area contributed by atoms with Gasteiger partial charge in [0.15, 0.2) is 0 Å². The first-order chi connectivity index (χ1) is 10.1. The molecule has 0 bridgehead atoms. The van der Waals surface area contributed by atoms with Crippen LogP contribution in [0.3, 0.4) is 0 Å². The van der Waals surface area contributed by atoms with E-state index in [-0.39, 0.29) is 5.91 Å². The number of nitrogens with zero attached hydrogens (tertiary/aromatic N) is 2. The van der Waals surface area contributed by atoms with Crippen molar-refractivity contribution in [2.45, 2.75) is 6.92 Å². The zero-order chi connectivity index (χ0) is 14.8. The number of carbonyl (C=O) groups is 1. The maximum Gasteiger partial charge on any atom is 0.257 e. The van der Waals surface area contributed by atoms with Gasteiger partial charge in [-0.15, -0.1) is 0 Å². The average Bonchev–Trinajstić information content (AvgIpc) is 2.47. The van der Waals surface area contributed by atoms with E-state index < -0.39 is 0 Å². The van der Waals surface area contributed by atoms with E-state index in [1.807, 2.05) is 37.3 Å². The minimum atomic E-state index is -0.189. The Morgan fingerprint density at radius 3 is 2.76 bits per heavy atom. The lowest BCUT2D eigenvalue weighted by Gasteiger charge is -2.09. The molecule has 21 heavy (non-hydrogen) atoms. The summed E-state index contributed by atoms with van der Waals surface area (Å²) in [6, 6.07) is 13.1. The van der Waals surface area contributed by atoms with Gasteiger partial charge in [0.2, 0.25) is 0 Å². The molecule has 0 unspecified atom stereocenters. The van der Waals surface area contributed by atoms with Gasteiger partial charge in [-0.25, -0.2) is 4.98 Å². The number of para-hydroxylation sites is 1. The molecule has 0 aliphatic carbocycles. The second-order valence-corrected chi connectivity index (χ2v) is 5.46. The second-order valence-electron chi connectivity index (χ2n) is 4.65. The van der Waals surface area contributed by atoms with E-state index >= 15 is 0 Å². The molecule has 3 rings (SSSR count). The highest BCUT2D eigenvalue weighted by molar-refractivity contribution is 9.10. The summed E-state index contributed by atoms with van der Waals surface area (Å²) in [4.78, 5) is 20.8. The third-order valence-corrected chi connectivity index (χ3v) is 3.55. The lowest BCUT2D eigenvalue weighted by atomic mass is 10.1. The number of amides is 1. The maximum absolute atomic E-state index is 12.3. The molecule has 0 atom stereocenters. The second kappa shape index (κ2) is 5.61. The molecular weight excluding hydrogens is 330 g/mol. The van der Waals surface area contributed by atoms with Crippen LogP contribution in [0.15, 0.2) is 53.3 Å². The van der Waals surface area contributed by atoms with Crippen LogP contribution in [0, 0.1) is 6.92 Å². The quantitative estimate of drug-likeness (QED) is 0.718. The molecule has 0 aliphatic rings. The molecule has 0 spiro atoms. The van der Waals surface area contributed by atoms with Crippen molar-refractivity contribution in [1.29, 1.82) is 0 Å². The SMILES string of the molecule is Cc1cc(NC(=O)c2ccc(Br)nc2)c2ccccc2n1. The summed E-state index contributed by atoms with van der Waals surface area (Å²) in [7, 11) is 0. The molecule has 0 saturated carbocycles. The predicted molar refractivity (Wildman–Crippen MR) is 86.4 cm³/mol. The molecule has 5 heteroatoms. The van der Waals surface area contributed by atoms with E-state index in [1.165, 1.54) is 6.20 Å². The van der Waals surface area contributed by atoms with Crippen molar-refractivity contribution in [1.82, 2.24) is 9.97 Å². The monoisotopic (exact) mass is 341 g/mol. The first kappa shape index (κ1) is 13.7. The van der Waals surface area contributed by atoms with Gasteiger partial charge in [-0.1, -0.05) is 18.2 Å². The number of anilines is 1. The molecule has 2 aromatic heterocycles. The van der Waals surface area contributed by atoms with Crippen molar-refractivity contribution in [2.24, 2.45) is 0 Å². The normalized spacial score (nSPS) is 10.6. The van der Waals surface area contributed by atoms with Crippen molar-refractivity contribution >= 4 is 38.4 Å². The van der Waals surface area contributed by atoms with E-state index in [1.54, 1.807) is 12.1 Å². The Hall–Kier alpha value is -2.27. The van der Waals surface area contributed by atoms with E-state index in [0.29, 0.717) is 10.2 Å². The van der Waals surface area contributed by atoms with Crippen LogP contribution in [0.1, 0.15) is 16.1 Å². The number of halogens is 1. The van der Waals surface area contributed by atoms with E-state index in [4.69, 9.17) is 0 Å². The highest BCUT2D eigenvalue weighted by Crippen LogP contribution is 2.23. The number of aryl methyl sites for hydroxylation is 1. The van der Waals surface area contributed by atoms with Crippen molar-refractivity contribution in [3.8, 4) is 0 Å². The van der Waals surface area contributed by atoms with Gasteiger partial charge < -0.3 is 5.32 Å². The Kier molecular flexibility index (Phi) is 3.66. The molecule has 2 heterocycles. The van der Waals surface area contributed by atoms with Gasteiger partial charge in [0.1, 0.15) is 4.60 Å². The third kappa shape index (κ3) is 2.92. The van der Waals surface area contributed by atoms with Crippen molar-refractivity contribution in [3.63, 3.8) is 0 Å². The van der Waals surface area contributed by atoms with Crippen LogP contribution in [0.25, 0.3) is 10.9 Å². The summed E-state index contributed by atoms with van der Waals surface area (Å²) in [5, 5.41) is 3.85. The number of hydrogen-bond donors (Lipinski definition) is 1. The number of pyridine rings is 2. The molecule has 0 aliphatic heterocycles. The smallest absolute Gasteiger partial charge is 0.257 e. The first-order valence-electron chi connectivity index (χ1n) is 6.43. The highest BCUT2D eigenvalue weighted by atomic mass is 79.9. The molecule has 1 aromatic carbocycles. The third-order valence-electron chi connectivity index (χ3n) is 3.08. The maximum atomic E-state index is 12.3. The fourth-order valence-electron chi connectivity index (χ4n) is 2.12. The van der Waals surface area contributed by atoms with Crippen LogP contribution in [-0.4, -0.2) is 15.9 Å². The minimum absolute atomic E-state index is 0.189. The molecule has 0 radical (unpaired) electrons. The number of rotatable bonds is 2. The molecule has 4 nitrogen and oxygen atoms in total. The van der Waals surface area contributed by atoms with Crippen LogP contribution >= 0.6 is 15.9 Å². The molecule has 0 saturated heterocycles. The molecule has 3 aromatic rings. The van der Waals surface area contributed by atoms with Gasteiger partial charge in [-0.2, -0.15) is 0 Å². The van der Waals surface area contributed by atoms with Gasteiger partial charge in [0.05, 0.1) is 16.8 Å². The number of nitrogens with one attached hydrogen (secondary N) is 1. The van der Waals surface area contributed by atoms with Gasteiger partial charge in [-0.3, -0.25) is 9.78 Å². The Bertz CT molecular complexity index is 815. The topological polar surface area (TPSA) is 54.9 Å². The van der Waals surface area contributed by atoms with Crippen LogP contribution < -0.4 is 5.32 Å². The van der Waals surface area contributed by atoms with Crippen molar-refractivity contribution in [2.75, 3.05) is 5.32 Å². The average molecular weight is 342 g/mol. The molecule has 1 N–H and O–H groups in total. The van der Waals surface area contributed by atoms with Crippen LogP contribution in [0.5, 0.6) is 0 Å². The van der Waals surface area contributed by atoms with E-state index in [2.05, 4.69) is 31.2 Å². The fourth-order valence-corrected chi connectivity index (χ4v) is 2.35. The van der Waals surface area contributed by atoms with E-state index in [9.17, 15) is 4.79 Å². The number of hydrogen-bond acceptors (Lipinski definition) is 3. The van der Waals surface area contributed by atoms with Gasteiger partial charge >= 0.3 is 0 Å². The number of carbonyl (C=O) groups excluding carboxylic acids is 1. The largest absolute Gasteiger partial charge is 0.321 e. The zero-order valence-electron chi connectivity index (χ0n) is 11.3. The van der Waals surface area contributed by atoms with Crippen LogP contribution in [-0.2, 0) is 0 Å². The Morgan fingerprint density at radius 1 is 1.19 bits per heavy atom. The van der Waals surface area contributed by atoms with E-state index in [0.717, 1.165) is 22.3 Å². The summed E-state index contributed by atoms with van der Waals surface area (Å²) < 4.78 is 0.698. The van der Waals surface area contributed by atoms with Crippen LogP contribution in [0.4, 0.5) is 5.69 Å². The number of fused-ring (bicyclic) bond motifs is 1. The number of aromatic nitrogens is 2. The fraction of sp³-hybridized carbons (Fsp3) is 0.0625.